The Morgan fingerprint density at radius 3 is 2.67 bits per heavy atom. The zero-order valence-electron chi connectivity index (χ0n) is 23.4. The van der Waals surface area contributed by atoms with Crippen molar-refractivity contribution in [1.29, 1.82) is 0 Å². The Hall–Kier alpha value is -3.54. The maximum atomic E-state index is 13.8. The number of nitrogens with one attached hydrogen (secondary N) is 2. The number of H-pyrrole nitrogens is 1. The summed E-state index contributed by atoms with van der Waals surface area (Å²) in [5, 5.41) is 10.3. The number of anilines is 1. The lowest BCUT2D eigenvalue weighted by Gasteiger charge is -2.38. The first-order chi connectivity index (χ1) is 20.5. The van der Waals surface area contributed by atoms with Crippen LogP contribution in [-0.4, -0.2) is 87.7 Å². The molecule has 1 aromatic carbocycles. The molecule has 5 aliphatic rings. The molecule has 4 atom stereocenters. The van der Waals surface area contributed by atoms with E-state index in [4.69, 9.17) is 11.6 Å². The van der Waals surface area contributed by atoms with E-state index in [-0.39, 0.29) is 42.8 Å². The van der Waals surface area contributed by atoms with Crippen LogP contribution in [0.4, 0.5) is 23.7 Å². The smallest absolute Gasteiger partial charge is 0.343 e. The molecule has 3 aliphatic heterocycles. The van der Waals surface area contributed by atoms with Crippen molar-refractivity contribution in [2.75, 3.05) is 38.0 Å². The van der Waals surface area contributed by atoms with Gasteiger partial charge < -0.3 is 20.0 Å². The van der Waals surface area contributed by atoms with Gasteiger partial charge in [0.2, 0.25) is 11.8 Å². The number of alkyl halides is 3. The van der Waals surface area contributed by atoms with Gasteiger partial charge in [-0.15, -0.1) is 0 Å². The number of aromatic amines is 1. The van der Waals surface area contributed by atoms with E-state index in [0.717, 1.165) is 22.6 Å². The van der Waals surface area contributed by atoms with E-state index in [0.29, 0.717) is 55.2 Å². The number of likely N-dealkylation sites (tertiary alicyclic amines) is 2. The molecule has 1 saturated carbocycles. The second-order valence-electron chi connectivity index (χ2n) is 12.5. The summed E-state index contributed by atoms with van der Waals surface area (Å²) in [6.45, 7) is -0.0761. The number of hydrogen-bond donors (Lipinski definition) is 2. The van der Waals surface area contributed by atoms with Crippen molar-refractivity contribution in [3.8, 4) is 0 Å². The summed E-state index contributed by atoms with van der Waals surface area (Å²) < 4.78 is 41.0. The first kappa shape index (κ1) is 28.2. The number of piperidine rings is 1. The van der Waals surface area contributed by atoms with Gasteiger partial charge in [0, 0.05) is 55.8 Å². The van der Waals surface area contributed by atoms with Gasteiger partial charge in [0.25, 0.3) is 0 Å². The zero-order chi connectivity index (χ0) is 30.1. The van der Waals surface area contributed by atoms with Crippen LogP contribution in [-0.2, 0) is 16.0 Å². The van der Waals surface area contributed by atoms with Gasteiger partial charge in [0.15, 0.2) is 0 Å². The Labute approximate surface area is 251 Å². The van der Waals surface area contributed by atoms with Crippen LogP contribution in [0.5, 0.6) is 0 Å². The van der Waals surface area contributed by atoms with Gasteiger partial charge in [0.1, 0.15) is 6.54 Å². The second-order valence-corrected chi connectivity index (χ2v) is 12.9. The molecule has 0 bridgehead atoms. The monoisotopic (exact) mass is 616 g/mol. The minimum absolute atomic E-state index is 0.0357. The molecule has 2 N–H and O–H groups in total. The van der Waals surface area contributed by atoms with Crippen molar-refractivity contribution in [1.82, 2.24) is 24.9 Å². The summed E-state index contributed by atoms with van der Waals surface area (Å²) in [5.41, 5.74) is 1.97. The summed E-state index contributed by atoms with van der Waals surface area (Å²) in [4.78, 5) is 44.9. The number of rotatable bonds is 4. The van der Waals surface area contributed by atoms with Crippen molar-refractivity contribution in [3.05, 3.63) is 53.4 Å². The lowest BCUT2D eigenvalue weighted by Crippen LogP contribution is -2.50. The minimum Gasteiger partial charge on any atom is -0.343 e. The fourth-order valence-corrected chi connectivity index (χ4v) is 8.15. The number of halogens is 4. The van der Waals surface area contributed by atoms with E-state index in [2.05, 4.69) is 15.5 Å². The fourth-order valence-electron chi connectivity index (χ4n) is 7.86. The van der Waals surface area contributed by atoms with E-state index < -0.39 is 30.0 Å². The summed E-state index contributed by atoms with van der Waals surface area (Å²) >= 11 is 6.53. The molecule has 2 aliphatic carbocycles. The standard InChI is InChI=1S/C30H32ClF3N6O3/c31-23-11-19-21(20-14-35-37-26(20)23)15-39(16-30(32,33)34)27(42)29(12-22(19)29)13-25(41)38-8-6-18(7-9-38)40-10-5-17-3-1-2-4-24(17)36-28(40)43/h1-4,11,14,18-19,21-22H,5-10,12-13,15-16H2,(H,35,37)(H,36,43)/t19?,21?,22-,29+/m1/s1. The van der Waals surface area contributed by atoms with E-state index in [1.54, 1.807) is 11.1 Å². The van der Waals surface area contributed by atoms with Gasteiger partial charge in [-0.1, -0.05) is 35.9 Å². The molecule has 13 heteroatoms. The topological polar surface area (TPSA) is 102 Å². The minimum atomic E-state index is -4.57. The van der Waals surface area contributed by atoms with Crippen LogP contribution in [0.1, 0.15) is 48.4 Å². The Balaban J connectivity index is 1.06. The average Bonchev–Trinajstić information content (AvgIpc) is 3.53. The molecule has 0 radical (unpaired) electrons. The van der Waals surface area contributed by atoms with Gasteiger partial charge in [0.05, 0.1) is 22.3 Å². The molecular weight excluding hydrogens is 585 g/mol. The largest absolute Gasteiger partial charge is 0.406 e. The first-order valence-electron chi connectivity index (χ1n) is 14.7. The lowest BCUT2D eigenvalue weighted by molar-refractivity contribution is -0.165. The molecule has 9 nitrogen and oxygen atoms in total. The van der Waals surface area contributed by atoms with Crippen molar-refractivity contribution in [2.45, 2.75) is 50.2 Å². The summed E-state index contributed by atoms with van der Waals surface area (Å²) in [5.74, 6) is -1.80. The number of amides is 4. The van der Waals surface area contributed by atoms with Crippen LogP contribution in [0.2, 0.25) is 0 Å². The van der Waals surface area contributed by atoms with E-state index in [1.807, 2.05) is 35.2 Å². The molecule has 43 heavy (non-hydrogen) atoms. The van der Waals surface area contributed by atoms with Gasteiger partial charge in [-0.2, -0.15) is 18.3 Å². The lowest BCUT2D eigenvalue weighted by atomic mass is 9.77. The molecule has 1 aromatic heterocycles. The fraction of sp³-hybridized carbons (Fsp3) is 0.533. The van der Waals surface area contributed by atoms with Crippen LogP contribution in [0, 0.1) is 17.3 Å². The number of carbonyl (C=O) groups is 3. The third kappa shape index (κ3) is 4.97. The average molecular weight is 617 g/mol. The number of nitrogens with zero attached hydrogens (tertiary/aromatic N) is 4. The number of aromatic nitrogens is 2. The predicted octanol–water partition coefficient (Wildman–Crippen LogP) is 4.58. The molecule has 2 saturated heterocycles. The van der Waals surface area contributed by atoms with Gasteiger partial charge >= 0.3 is 12.2 Å². The van der Waals surface area contributed by atoms with Crippen LogP contribution in [0.25, 0.3) is 5.03 Å². The molecule has 4 heterocycles. The summed E-state index contributed by atoms with van der Waals surface area (Å²) in [6, 6.07) is 7.54. The van der Waals surface area contributed by atoms with Gasteiger partial charge in [-0.3, -0.25) is 14.7 Å². The van der Waals surface area contributed by atoms with Crippen molar-refractivity contribution < 1.29 is 27.6 Å². The SMILES string of the molecule is O=C(C[C@@]12C[C@@H]1C1C=C(Cl)c3[nH]ncc3C1CN(CC(F)(F)F)C2=O)N1CCC(N2CCc3ccccc3NC2=O)CC1. The van der Waals surface area contributed by atoms with Gasteiger partial charge in [-0.05, 0) is 49.1 Å². The Kier molecular flexibility index (Phi) is 6.75. The first-order valence-corrected chi connectivity index (χ1v) is 15.1. The number of allylic oxidation sites excluding steroid dienone is 1. The molecule has 3 fully saturated rings. The zero-order valence-corrected chi connectivity index (χ0v) is 24.1. The number of para-hydroxylation sites is 1. The molecule has 4 amide bonds. The quantitative estimate of drug-likeness (QED) is 0.525. The second kappa shape index (κ2) is 10.3. The normalized spacial score (nSPS) is 29.0. The van der Waals surface area contributed by atoms with Gasteiger partial charge in [-0.25, -0.2) is 4.79 Å². The van der Waals surface area contributed by atoms with Crippen LogP contribution in [0.15, 0.2) is 36.5 Å². The molecule has 2 unspecified atom stereocenters. The van der Waals surface area contributed by atoms with Crippen molar-refractivity contribution in [3.63, 3.8) is 0 Å². The molecule has 2 aromatic rings. The van der Waals surface area contributed by atoms with Crippen LogP contribution in [0.3, 0.4) is 0 Å². The number of urea groups is 1. The summed E-state index contributed by atoms with van der Waals surface area (Å²) in [6.07, 6.45) is 0.939. The number of hydrogen-bond acceptors (Lipinski definition) is 4. The molecule has 228 valence electrons. The predicted molar refractivity (Wildman–Crippen MR) is 152 cm³/mol. The Morgan fingerprint density at radius 2 is 1.91 bits per heavy atom. The van der Waals surface area contributed by atoms with Crippen molar-refractivity contribution >= 4 is 40.2 Å². The highest BCUT2D eigenvalue weighted by molar-refractivity contribution is 6.48. The Bertz CT molecular complexity index is 1500. The molecular formula is C30H32ClF3N6O3. The summed E-state index contributed by atoms with van der Waals surface area (Å²) in [7, 11) is 0. The third-order valence-corrected chi connectivity index (χ3v) is 10.4. The maximum Gasteiger partial charge on any atom is 0.406 e. The molecule has 0 spiro atoms. The maximum absolute atomic E-state index is 13.8. The van der Waals surface area contributed by atoms with Crippen molar-refractivity contribution in [2.24, 2.45) is 17.3 Å². The highest BCUT2D eigenvalue weighted by Gasteiger charge is 2.68. The van der Waals surface area contributed by atoms with E-state index in [1.165, 1.54) is 0 Å². The Morgan fingerprint density at radius 1 is 1.14 bits per heavy atom. The third-order valence-electron chi connectivity index (χ3n) is 10.1. The number of carbonyl (C=O) groups excluding carboxylic acids is 3. The number of fused-ring (bicyclic) bond motifs is 6. The highest BCUT2D eigenvalue weighted by atomic mass is 35.5. The van der Waals surface area contributed by atoms with Crippen LogP contribution < -0.4 is 5.32 Å². The van der Waals surface area contributed by atoms with E-state index >= 15 is 0 Å². The number of benzene rings is 1. The van der Waals surface area contributed by atoms with E-state index in [9.17, 15) is 27.6 Å². The van der Waals surface area contributed by atoms with Crippen LogP contribution >= 0.6 is 11.6 Å². The molecule has 7 rings (SSSR count). The highest BCUT2D eigenvalue weighted by Crippen LogP contribution is 2.66.